The number of alkyl halides is 3. The highest BCUT2D eigenvalue weighted by Gasteiger charge is 2.29. The number of hydrogen-bond acceptors (Lipinski definition) is 2. The van der Waals surface area contributed by atoms with Crippen molar-refractivity contribution < 1.29 is 17.9 Å². The number of nitrogens with one attached hydrogen (secondary N) is 1. The number of benzene rings is 1. The standard InChI is InChI=1S/C21H25F3N2O/c1-14-8-15(9-16-11-25-12-16)10-19-20(14)17-4-2-3-5-18(17)26(19)6-7-27-13-21(22,23)24/h2-5,8,15-16,25H,6-7,9-13H2,1H3. The van der Waals surface area contributed by atoms with Gasteiger partial charge in [0.1, 0.15) is 6.61 Å². The van der Waals surface area contributed by atoms with E-state index in [1.54, 1.807) is 0 Å². The topological polar surface area (TPSA) is 26.2 Å². The number of aromatic nitrogens is 1. The molecule has 0 bridgehead atoms. The van der Waals surface area contributed by atoms with E-state index in [0.717, 1.165) is 37.4 Å². The highest BCUT2D eigenvalue weighted by Crippen LogP contribution is 2.39. The van der Waals surface area contributed by atoms with Gasteiger partial charge < -0.3 is 14.6 Å². The first kappa shape index (κ1) is 18.6. The zero-order chi connectivity index (χ0) is 19.0. The van der Waals surface area contributed by atoms with Crippen LogP contribution >= 0.6 is 0 Å². The third kappa shape index (κ3) is 3.92. The quantitative estimate of drug-likeness (QED) is 0.754. The van der Waals surface area contributed by atoms with Crippen molar-refractivity contribution in [3.63, 3.8) is 0 Å². The maximum atomic E-state index is 12.4. The minimum atomic E-state index is -4.28. The Kier molecular flexibility index (Phi) is 5.03. The van der Waals surface area contributed by atoms with Crippen molar-refractivity contribution in [3.8, 4) is 0 Å². The number of allylic oxidation sites excluding steroid dienone is 2. The van der Waals surface area contributed by atoms with Crippen LogP contribution in [-0.2, 0) is 17.7 Å². The normalized spacial score (nSPS) is 20.4. The van der Waals surface area contributed by atoms with E-state index in [4.69, 9.17) is 4.74 Å². The molecule has 1 unspecified atom stereocenters. The smallest absolute Gasteiger partial charge is 0.370 e. The first-order valence-corrected chi connectivity index (χ1v) is 9.56. The third-order valence-electron chi connectivity index (χ3n) is 5.64. The van der Waals surface area contributed by atoms with Crippen molar-refractivity contribution in [1.82, 2.24) is 9.88 Å². The lowest BCUT2D eigenvalue weighted by atomic mass is 9.81. The van der Waals surface area contributed by atoms with Crippen molar-refractivity contribution in [1.29, 1.82) is 0 Å². The predicted molar refractivity (Wildman–Crippen MR) is 101 cm³/mol. The van der Waals surface area contributed by atoms with Gasteiger partial charge in [0.05, 0.1) is 6.61 Å². The molecule has 0 saturated carbocycles. The van der Waals surface area contributed by atoms with Crippen molar-refractivity contribution >= 4 is 16.5 Å². The van der Waals surface area contributed by atoms with E-state index < -0.39 is 12.8 Å². The van der Waals surface area contributed by atoms with Gasteiger partial charge in [0.25, 0.3) is 0 Å². The van der Waals surface area contributed by atoms with Gasteiger partial charge in [0.2, 0.25) is 0 Å². The Labute approximate surface area is 157 Å². The Morgan fingerprint density at radius 3 is 2.70 bits per heavy atom. The number of hydrogen-bond donors (Lipinski definition) is 1. The summed E-state index contributed by atoms with van der Waals surface area (Å²) in [7, 11) is 0. The second-order valence-corrected chi connectivity index (χ2v) is 7.73. The molecule has 146 valence electrons. The van der Waals surface area contributed by atoms with Crippen LogP contribution in [0.3, 0.4) is 0 Å². The lowest BCUT2D eigenvalue weighted by Gasteiger charge is -2.32. The van der Waals surface area contributed by atoms with Crippen LogP contribution in [0.1, 0.15) is 24.6 Å². The molecule has 1 aromatic heterocycles. The monoisotopic (exact) mass is 378 g/mol. The van der Waals surface area contributed by atoms with Crippen molar-refractivity contribution in [3.05, 3.63) is 41.6 Å². The number of nitrogens with zero attached hydrogens (tertiary/aromatic N) is 1. The molecule has 1 aliphatic carbocycles. The molecule has 1 atom stereocenters. The second-order valence-electron chi connectivity index (χ2n) is 7.73. The third-order valence-corrected chi connectivity index (χ3v) is 5.64. The summed E-state index contributed by atoms with van der Waals surface area (Å²) < 4.78 is 44.2. The van der Waals surface area contributed by atoms with Crippen molar-refractivity contribution in [2.45, 2.75) is 32.5 Å². The molecule has 1 aromatic carbocycles. The van der Waals surface area contributed by atoms with Gasteiger partial charge in [-0.25, -0.2) is 0 Å². The first-order valence-electron chi connectivity index (χ1n) is 9.56. The summed E-state index contributed by atoms with van der Waals surface area (Å²) in [6, 6.07) is 8.16. The maximum absolute atomic E-state index is 12.4. The van der Waals surface area contributed by atoms with Crippen LogP contribution in [-0.4, -0.2) is 37.0 Å². The molecule has 3 nitrogen and oxygen atoms in total. The summed E-state index contributed by atoms with van der Waals surface area (Å²) in [6.07, 6.45) is 0.212. The molecule has 0 amide bonds. The van der Waals surface area contributed by atoms with Crippen LogP contribution in [0, 0.1) is 11.8 Å². The van der Waals surface area contributed by atoms with Crippen LogP contribution in [0.5, 0.6) is 0 Å². The number of para-hydroxylation sites is 1. The lowest BCUT2D eigenvalue weighted by Crippen LogP contribution is -2.43. The summed E-state index contributed by atoms with van der Waals surface area (Å²) in [6.45, 7) is 3.64. The van der Waals surface area contributed by atoms with E-state index in [1.807, 2.05) is 12.1 Å². The van der Waals surface area contributed by atoms with Crippen LogP contribution in [0.4, 0.5) is 13.2 Å². The zero-order valence-corrected chi connectivity index (χ0v) is 15.5. The van der Waals surface area contributed by atoms with Crippen LogP contribution in [0.2, 0.25) is 0 Å². The minimum Gasteiger partial charge on any atom is -0.370 e. The molecular formula is C21H25F3N2O. The molecule has 1 fully saturated rings. The van der Waals surface area contributed by atoms with Gasteiger partial charge in [-0.2, -0.15) is 13.2 Å². The summed E-state index contributed by atoms with van der Waals surface area (Å²) in [4.78, 5) is 0. The predicted octanol–water partition coefficient (Wildman–Crippen LogP) is 4.41. The Bertz CT molecular complexity index is 849. The fourth-order valence-electron chi connectivity index (χ4n) is 4.45. The number of ether oxygens (including phenoxy) is 1. The van der Waals surface area contributed by atoms with Gasteiger partial charge in [0, 0.05) is 28.7 Å². The summed E-state index contributed by atoms with van der Waals surface area (Å²) >= 11 is 0. The first-order chi connectivity index (χ1) is 12.9. The summed E-state index contributed by atoms with van der Waals surface area (Å²) in [5.41, 5.74) is 4.85. The van der Waals surface area contributed by atoms with Gasteiger partial charge in [0.15, 0.2) is 0 Å². The van der Waals surface area contributed by atoms with Gasteiger partial charge >= 0.3 is 6.18 Å². The van der Waals surface area contributed by atoms with E-state index in [0.29, 0.717) is 12.5 Å². The highest BCUT2D eigenvalue weighted by atomic mass is 19.4. The van der Waals surface area contributed by atoms with E-state index in [-0.39, 0.29) is 6.61 Å². The van der Waals surface area contributed by atoms with E-state index >= 15 is 0 Å². The van der Waals surface area contributed by atoms with Crippen LogP contribution in [0.15, 0.2) is 30.3 Å². The molecule has 2 heterocycles. The highest BCUT2D eigenvalue weighted by molar-refractivity contribution is 5.95. The average Bonchev–Trinajstić information content (AvgIpc) is 2.88. The minimum absolute atomic E-state index is 0.0601. The van der Waals surface area contributed by atoms with Gasteiger partial charge in [-0.3, -0.25) is 0 Å². The summed E-state index contributed by atoms with van der Waals surface area (Å²) in [5, 5.41) is 4.51. The molecule has 1 saturated heterocycles. The zero-order valence-electron chi connectivity index (χ0n) is 15.5. The molecule has 1 N–H and O–H groups in total. The van der Waals surface area contributed by atoms with Crippen molar-refractivity contribution in [2.75, 3.05) is 26.3 Å². The molecule has 2 aliphatic rings. The number of fused-ring (bicyclic) bond motifs is 3. The van der Waals surface area contributed by atoms with Crippen molar-refractivity contribution in [2.24, 2.45) is 11.8 Å². The van der Waals surface area contributed by atoms with Gasteiger partial charge in [-0.05, 0) is 56.3 Å². The Morgan fingerprint density at radius 1 is 1.22 bits per heavy atom. The molecule has 27 heavy (non-hydrogen) atoms. The molecule has 0 spiro atoms. The van der Waals surface area contributed by atoms with E-state index in [1.165, 1.54) is 22.2 Å². The number of halogens is 3. The van der Waals surface area contributed by atoms with E-state index in [9.17, 15) is 13.2 Å². The fourth-order valence-corrected chi connectivity index (χ4v) is 4.45. The molecule has 2 aromatic rings. The van der Waals surface area contributed by atoms with Gasteiger partial charge in [-0.15, -0.1) is 0 Å². The molecular weight excluding hydrogens is 353 g/mol. The Hall–Kier alpha value is -1.79. The number of rotatable bonds is 6. The Morgan fingerprint density at radius 2 is 2.00 bits per heavy atom. The van der Waals surface area contributed by atoms with Crippen LogP contribution in [0.25, 0.3) is 16.5 Å². The molecule has 6 heteroatoms. The SMILES string of the molecule is CC1=CC(CC2CNC2)Cc2c1c1ccccc1n2CCOCC(F)(F)F. The molecule has 0 radical (unpaired) electrons. The summed E-state index contributed by atoms with van der Waals surface area (Å²) in [5.74, 6) is 1.22. The maximum Gasteiger partial charge on any atom is 0.411 e. The van der Waals surface area contributed by atoms with Gasteiger partial charge in [-0.1, -0.05) is 24.3 Å². The van der Waals surface area contributed by atoms with E-state index in [2.05, 4.69) is 35.0 Å². The molecule has 1 aliphatic heterocycles. The Balaban J connectivity index is 1.59. The average molecular weight is 378 g/mol. The fraction of sp³-hybridized carbons (Fsp3) is 0.524. The largest absolute Gasteiger partial charge is 0.411 e. The second kappa shape index (κ2) is 7.32. The molecule has 4 rings (SSSR count). The van der Waals surface area contributed by atoms with Crippen LogP contribution < -0.4 is 5.32 Å². The lowest BCUT2D eigenvalue weighted by molar-refractivity contribution is -0.174.